The van der Waals surface area contributed by atoms with Gasteiger partial charge in [-0.05, 0) is 55.6 Å². The molecule has 2 aromatic rings. The molecular weight excluding hydrogens is 430 g/mol. The summed E-state index contributed by atoms with van der Waals surface area (Å²) in [5.74, 6) is 0.392. The Morgan fingerprint density at radius 2 is 1.97 bits per heavy atom. The molecule has 3 heterocycles. The van der Waals surface area contributed by atoms with E-state index in [-0.39, 0.29) is 23.7 Å². The van der Waals surface area contributed by atoms with E-state index in [0.717, 1.165) is 50.1 Å². The van der Waals surface area contributed by atoms with Crippen molar-refractivity contribution in [2.75, 3.05) is 26.7 Å². The minimum atomic E-state index is -0.652. The van der Waals surface area contributed by atoms with Gasteiger partial charge >= 0.3 is 0 Å². The SMILES string of the molecule is CNC(=O)C(CCC=O)N1Cc2cc3c(cc2C1=O)OCC31CCN(Cc2ccccc2)CC1. The van der Waals surface area contributed by atoms with Gasteiger partial charge < -0.3 is 19.7 Å². The van der Waals surface area contributed by atoms with Crippen LogP contribution in [0, 0.1) is 0 Å². The van der Waals surface area contributed by atoms with Crippen molar-refractivity contribution in [1.29, 1.82) is 0 Å². The highest BCUT2D eigenvalue weighted by Gasteiger charge is 2.45. The van der Waals surface area contributed by atoms with Crippen LogP contribution in [0.4, 0.5) is 0 Å². The largest absolute Gasteiger partial charge is 0.492 e. The lowest BCUT2D eigenvalue weighted by Gasteiger charge is -2.38. The number of nitrogens with zero attached hydrogens (tertiary/aromatic N) is 2. The summed E-state index contributed by atoms with van der Waals surface area (Å²) in [6.07, 6.45) is 3.38. The number of likely N-dealkylation sites (N-methyl/N-ethyl adjacent to an activating group) is 1. The maximum atomic E-state index is 13.2. The number of piperidine rings is 1. The van der Waals surface area contributed by atoms with Gasteiger partial charge in [-0.3, -0.25) is 14.5 Å². The maximum Gasteiger partial charge on any atom is 0.255 e. The van der Waals surface area contributed by atoms with E-state index in [1.807, 2.05) is 12.1 Å². The van der Waals surface area contributed by atoms with E-state index in [1.165, 1.54) is 11.1 Å². The smallest absolute Gasteiger partial charge is 0.255 e. The topological polar surface area (TPSA) is 79.0 Å². The quantitative estimate of drug-likeness (QED) is 0.642. The second-order valence-electron chi connectivity index (χ2n) is 9.64. The number of hydrogen-bond acceptors (Lipinski definition) is 5. The van der Waals surface area contributed by atoms with E-state index in [2.05, 4.69) is 40.5 Å². The molecule has 5 rings (SSSR count). The molecule has 178 valence electrons. The van der Waals surface area contributed by atoms with Crippen LogP contribution in [-0.4, -0.2) is 60.7 Å². The lowest BCUT2D eigenvalue weighted by atomic mass is 9.74. The van der Waals surface area contributed by atoms with Crippen molar-refractivity contribution in [3.05, 3.63) is 64.7 Å². The van der Waals surface area contributed by atoms with Gasteiger partial charge in [-0.1, -0.05) is 30.3 Å². The summed E-state index contributed by atoms with van der Waals surface area (Å²) in [6, 6.07) is 13.9. The number of carbonyl (C=O) groups is 3. The molecule has 1 spiro atoms. The van der Waals surface area contributed by atoms with E-state index >= 15 is 0 Å². The molecule has 1 saturated heterocycles. The zero-order valence-corrected chi connectivity index (χ0v) is 19.6. The molecule has 0 saturated carbocycles. The average Bonchev–Trinajstić information content (AvgIpc) is 3.37. The Balaban J connectivity index is 1.33. The second-order valence-corrected chi connectivity index (χ2v) is 9.64. The number of nitrogens with one attached hydrogen (secondary N) is 1. The monoisotopic (exact) mass is 461 g/mol. The summed E-state index contributed by atoms with van der Waals surface area (Å²) in [5, 5.41) is 2.63. The van der Waals surface area contributed by atoms with Gasteiger partial charge in [0.2, 0.25) is 5.91 Å². The lowest BCUT2D eigenvalue weighted by molar-refractivity contribution is -0.125. The van der Waals surface area contributed by atoms with Crippen molar-refractivity contribution < 1.29 is 19.1 Å². The number of carbonyl (C=O) groups excluding carboxylic acids is 3. The molecule has 3 aliphatic heterocycles. The van der Waals surface area contributed by atoms with Crippen molar-refractivity contribution in [3.8, 4) is 5.75 Å². The highest BCUT2D eigenvalue weighted by molar-refractivity contribution is 6.01. The van der Waals surface area contributed by atoms with E-state index in [1.54, 1.807) is 11.9 Å². The number of hydrogen-bond donors (Lipinski definition) is 1. The molecule has 2 amide bonds. The van der Waals surface area contributed by atoms with Crippen LogP contribution in [0.25, 0.3) is 0 Å². The van der Waals surface area contributed by atoms with Crippen LogP contribution in [0.3, 0.4) is 0 Å². The predicted molar refractivity (Wildman–Crippen MR) is 128 cm³/mol. The third-order valence-electron chi connectivity index (χ3n) is 7.66. The van der Waals surface area contributed by atoms with Crippen molar-refractivity contribution in [3.63, 3.8) is 0 Å². The fourth-order valence-corrected chi connectivity index (χ4v) is 5.66. The third kappa shape index (κ3) is 3.98. The standard InChI is InChI=1S/C27H31N3O4/c1-28-25(32)23(8-5-13-31)30-17-20-14-22-24(15-21(20)26(30)33)34-18-27(22)9-11-29(12-10-27)16-19-6-3-2-4-7-19/h2-4,6-7,13-15,23H,5,8-12,16-18H2,1H3,(H,28,32). The zero-order valence-electron chi connectivity index (χ0n) is 19.6. The van der Waals surface area contributed by atoms with Crippen LogP contribution in [0.1, 0.15) is 52.7 Å². The van der Waals surface area contributed by atoms with Gasteiger partial charge in [-0.2, -0.15) is 0 Å². The number of benzene rings is 2. The predicted octanol–water partition coefficient (Wildman–Crippen LogP) is 2.66. The molecular formula is C27H31N3O4. The van der Waals surface area contributed by atoms with Crippen LogP contribution in [0.5, 0.6) is 5.75 Å². The second kappa shape index (κ2) is 9.22. The van der Waals surface area contributed by atoms with E-state index < -0.39 is 6.04 Å². The normalized spacial score (nSPS) is 19.4. The van der Waals surface area contributed by atoms with Crippen molar-refractivity contribution in [2.24, 2.45) is 0 Å². The van der Waals surface area contributed by atoms with Gasteiger partial charge in [-0.15, -0.1) is 0 Å². The highest BCUT2D eigenvalue weighted by atomic mass is 16.5. The Morgan fingerprint density at radius 3 is 2.68 bits per heavy atom. The number of fused-ring (bicyclic) bond motifs is 3. The number of amides is 2. The van der Waals surface area contributed by atoms with Crippen molar-refractivity contribution in [1.82, 2.24) is 15.1 Å². The fraction of sp³-hybridized carbons (Fsp3) is 0.444. The molecule has 2 aromatic carbocycles. The summed E-state index contributed by atoms with van der Waals surface area (Å²) in [6.45, 7) is 4.01. The summed E-state index contributed by atoms with van der Waals surface area (Å²) in [7, 11) is 1.56. The first-order valence-corrected chi connectivity index (χ1v) is 12.1. The van der Waals surface area contributed by atoms with Gasteiger partial charge in [0.1, 0.15) is 18.1 Å². The minimum absolute atomic E-state index is 0.0221. The molecule has 3 aliphatic rings. The minimum Gasteiger partial charge on any atom is -0.492 e. The number of ether oxygens (including phenoxy) is 1. The molecule has 1 atom stereocenters. The van der Waals surface area contributed by atoms with Gasteiger partial charge in [0.05, 0.1) is 6.61 Å². The van der Waals surface area contributed by atoms with Crippen molar-refractivity contribution >= 4 is 18.1 Å². The molecule has 0 radical (unpaired) electrons. The molecule has 1 fully saturated rings. The molecule has 34 heavy (non-hydrogen) atoms. The summed E-state index contributed by atoms with van der Waals surface area (Å²) >= 11 is 0. The van der Waals surface area contributed by atoms with E-state index in [0.29, 0.717) is 25.1 Å². The average molecular weight is 462 g/mol. The first-order chi connectivity index (χ1) is 16.5. The Labute approximate surface area is 200 Å². The first-order valence-electron chi connectivity index (χ1n) is 12.1. The molecule has 0 aromatic heterocycles. The van der Waals surface area contributed by atoms with E-state index in [4.69, 9.17) is 4.74 Å². The number of likely N-dealkylation sites (tertiary alicyclic amines) is 1. The molecule has 7 nitrogen and oxygen atoms in total. The fourth-order valence-electron chi connectivity index (χ4n) is 5.66. The van der Waals surface area contributed by atoms with Gasteiger partial charge in [-0.25, -0.2) is 0 Å². The highest BCUT2D eigenvalue weighted by Crippen LogP contribution is 2.47. The van der Waals surface area contributed by atoms with E-state index in [9.17, 15) is 14.4 Å². The van der Waals surface area contributed by atoms with Gasteiger partial charge in [0.15, 0.2) is 0 Å². The summed E-state index contributed by atoms with van der Waals surface area (Å²) in [5.41, 5.74) is 4.06. The molecule has 0 aliphatic carbocycles. The van der Waals surface area contributed by atoms with Crippen LogP contribution in [0.2, 0.25) is 0 Å². The molecule has 1 unspecified atom stereocenters. The van der Waals surface area contributed by atoms with Gasteiger partial charge in [0, 0.05) is 43.1 Å². The van der Waals surface area contributed by atoms with Crippen LogP contribution in [0.15, 0.2) is 42.5 Å². The Morgan fingerprint density at radius 1 is 1.21 bits per heavy atom. The van der Waals surface area contributed by atoms with Crippen molar-refractivity contribution in [2.45, 2.75) is 50.2 Å². The lowest BCUT2D eigenvalue weighted by Crippen LogP contribution is -2.46. The Hall–Kier alpha value is -3.19. The van der Waals surface area contributed by atoms with Gasteiger partial charge in [0.25, 0.3) is 5.91 Å². The summed E-state index contributed by atoms with van der Waals surface area (Å²) in [4.78, 5) is 40.7. The van der Waals surface area contributed by atoms with Crippen LogP contribution >= 0.6 is 0 Å². The van der Waals surface area contributed by atoms with Crippen LogP contribution in [-0.2, 0) is 28.1 Å². The van der Waals surface area contributed by atoms with Crippen LogP contribution < -0.4 is 10.1 Å². The zero-order chi connectivity index (χ0) is 23.7. The Bertz CT molecular complexity index is 1090. The number of aldehydes is 1. The third-order valence-corrected chi connectivity index (χ3v) is 7.66. The molecule has 7 heteroatoms. The molecule has 0 bridgehead atoms. The number of rotatable bonds is 7. The maximum absolute atomic E-state index is 13.2. The molecule has 1 N–H and O–H groups in total. The first kappa shape index (κ1) is 22.6. The Kier molecular flexibility index (Phi) is 6.13. The summed E-state index contributed by atoms with van der Waals surface area (Å²) < 4.78 is 6.13.